The maximum atomic E-state index is 12.9. The third kappa shape index (κ3) is 5.36. The number of piperidine rings is 1. The van der Waals surface area contributed by atoms with Crippen molar-refractivity contribution in [2.75, 3.05) is 0 Å². The second-order valence-corrected chi connectivity index (χ2v) is 8.64. The average Bonchev–Trinajstić information content (AvgIpc) is 3.12. The summed E-state index contributed by atoms with van der Waals surface area (Å²) in [5, 5.41) is 4.98. The molecular weight excluding hydrogens is 438 g/mol. The van der Waals surface area contributed by atoms with Gasteiger partial charge in [0.2, 0.25) is 11.8 Å². The first-order chi connectivity index (χ1) is 16.3. The lowest BCUT2D eigenvalue weighted by molar-refractivity contribution is -0.136. The van der Waals surface area contributed by atoms with Crippen LogP contribution in [0.5, 0.6) is 5.75 Å². The molecule has 0 aromatic heterocycles. The van der Waals surface area contributed by atoms with E-state index >= 15 is 0 Å². The summed E-state index contributed by atoms with van der Waals surface area (Å²) in [5.74, 6) is -0.298. The van der Waals surface area contributed by atoms with Gasteiger partial charge in [0.1, 0.15) is 18.4 Å². The summed E-state index contributed by atoms with van der Waals surface area (Å²) in [4.78, 5) is 50.1. The van der Waals surface area contributed by atoms with E-state index in [1.807, 2.05) is 50.2 Å². The number of carbonyl (C=O) groups excluding carboxylic acids is 4. The molecule has 2 aliphatic rings. The Morgan fingerprint density at radius 3 is 2.74 bits per heavy atom. The molecule has 4 rings (SSSR count). The number of alkyl carbamates (subject to hydrolysis) is 1. The lowest BCUT2D eigenvalue weighted by atomic mass is 10.0. The minimum absolute atomic E-state index is 0.0507. The third-order valence-electron chi connectivity index (χ3n) is 5.67. The fraction of sp³-hybridized carbons (Fsp3) is 0.360. The van der Waals surface area contributed by atoms with Crippen molar-refractivity contribution >= 4 is 23.8 Å². The van der Waals surface area contributed by atoms with E-state index in [2.05, 4.69) is 10.6 Å². The van der Waals surface area contributed by atoms with Crippen molar-refractivity contribution in [3.63, 3.8) is 0 Å². The van der Waals surface area contributed by atoms with E-state index in [0.717, 1.165) is 16.7 Å². The standard InChI is InChI=1S/C25H27N3O6/c1-15(2)34-19-5-3-4-17(10-19)14-33-25(32)26-12-16-6-7-18-13-28(24(31)20(18)11-16)21-8-9-22(29)27-23(21)30/h3-7,10-11,15,21H,8-9,12-14H2,1-2H3,(H,26,32)(H,27,29,30). The molecule has 0 aliphatic carbocycles. The Bertz CT molecular complexity index is 1130. The first-order valence-corrected chi connectivity index (χ1v) is 11.2. The van der Waals surface area contributed by atoms with Gasteiger partial charge in [-0.05, 0) is 55.2 Å². The molecule has 4 amide bonds. The highest BCUT2D eigenvalue weighted by atomic mass is 16.5. The Morgan fingerprint density at radius 2 is 1.97 bits per heavy atom. The third-order valence-corrected chi connectivity index (χ3v) is 5.67. The molecule has 1 fully saturated rings. The second kappa shape index (κ2) is 9.94. The van der Waals surface area contributed by atoms with Crippen LogP contribution in [-0.4, -0.2) is 40.9 Å². The van der Waals surface area contributed by atoms with Crippen molar-refractivity contribution in [1.29, 1.82) is 0 Å². The zero-order valence-corrected chi connectivity index (χ0v) is 19.1. The van der Waals surface area contributed by atoms with Crippen LogP contribution in [0.1, 0.15) is 53.7 Å². The molecule has 178 valence electrons. The summed E-state index contributed by atoms with van der Waals surface area (Å²) >= 11 is 0. The Hall–Kier alpha value is -3.88. The number of amides is 4. The highest BCUT2D eigenvalue weighted by Gasteiger charge is 2.39. The quantitative estimate of drug-likeness (QED) is 0.608. The molecule has 2 N–H and O–H groups in total. The number of fused-ring (bicyclic) bond motifs is 1. The largest absolute Gasteiger partial charge is 0.491 e. The molecule has 9 heteroatoms. The predicted octanol–water partition coefficient (Wildman–Crippen LogP) is 2.66. The maximum absolute atomic E-state index is 12.9. The summed E-state index contributed by atoms with van der Waals surface area (Å²) in [6, 6.07) is 12.1. The fourth-order valence-corrected chi connectivity index (χ4v) is 4.07. The average molecular weight is 466 g/mol. The summed E-state index contributed by atoms with van der Waals surface area (Å²) in [5.41, 5.74) is 2.86. The molecule has 0 spiro atoms. The number of benzene rings is 2. The van der Waals surface area contributed by atoms with Crippen LogP contribution in [0.3, 0.4) is 0 Å². The first-order valence-electron chi connectivity index (χ1n) is 11.2. The van der Waals surface area contributed by atoms with Gasteiger partial charge in [0.15, 0.2) is 0 Å². The SMILES string of the molecule is CC(C)Oc1cccc(COC(=O)NCc2ccc3c(c2)C(=O)N(C2CCC(=O)NC2=O)C3)c1. The molecule has 1 saturated heterocycles. The number of nitrogens with zero attached hydrogens (tertiary/aromatic N) is 1. The number of ether oxygens (including phenoxy) is 2. The molecule has 2 heterocycles. The van der Waals surface area contributed by atoms with Crippen LogP contribution in [0.25, 0.3) is 0 Å². The van der Waals surface area contributed by atoms with Crippen LogP contribution < -0.4 is 15.4 Å². The van der Waals surface area contributed by atoms with Crippen molar-refractivity contribution < 1.29 is 28.7 Å². The monoisotopic (exact) mass is 465 g/mol. The van der Waals surface area contributed by atoms with Crippen LogP contribution in [0.4, 0.5) is 4.79 Å². The van der Waals surface area contributed by atoms with Gasteiger partial charge in [0.25, 0.3) is 5.91 Å². The van der Waals surface area contributed by atoms with E-state index in [-0.39, 0.29) is 37.5 Å². The number of rotatable bonds is 7. The molecule has 2 aromatic carbocycles. The molecule has 34 heavy (non-hydrogen) atoms. The van der Waals surface area contributed by atoms with Crippen molar-refractivity contribution in [3.05, 3.63) is 64.7 Å². The molecule has 2 aromatic rings. The zero-order valence-electron chi connectivity index (χ0n) is 19.1. The van der Waals surface area contributed by atoms with Gasteiger partial charge in [-0.25, -0.2) is 4.79 Å². The number of carbonyl (C=O) groups is 4. The Balaban J connectivity index is 1.30. The fourth-order valence-electron chi connectivity index (χ4n) is 4.07. The molecule has 0 saturated carbocycles. The van der Waals surface area contributed by atoms with Crippen LogP contribution in [-0.2, 0) is 34.0 Å². The van der Waals surface area contributed by atoms with Crippen molar-refractivity contribution in [2.45, 2.75) is 58.5 Å². The lowest BCUT2D eigenvalue weighted by Crippen LogP contribution is -2.52. The van der Waals surface area contributed by atoms with Crippen molar-refractivity contribution in [3.8, 4) is 5.75 Å². The van der Waals surface area contributed by atoms with Crippen LogP contribution in [0, 0.1) is 0 Å². The Morgan fingerprint density at radius 1 is 1.15 bits per heavy atom. The highest BCUT2D eigenvalue weighted by Crippen LogP contribution is 2.28. The summed E-state index contributed by atoms with van der Waals surface area (Å²) in [6.07, 6.45) is 0.00181. The molecule has 1 unspecified atom stereocenters. The van der Waals surface area contributed by atoms with Gasteiger partial charge in [0, 0.05) is 25.1 Å². The second-order valence-electron chi connectivity index (χ2n) is 8.64. The van der Waals surface area contributed by atoms with Crippen molar-refractivity contribution in [2.24, 2.45) is 0 Å². The summed E-state index contributed by atoms with van der Waals surface area (Å²) < 4.78 is 10.9. The number of hydrogen-bond donors (Lipinski definition) is 2. The van der Waals surface area contributed by atoms with E-state index in [4.69, 9.17) is 9.47 Å². The maximum Gasteiger partial charge on any atom is 0.407 e. The molecule has 2 aliphatic heterocycles. The molecule has 0 bridgehead atoms. The summed E-state index contributed by atoms with van der Waals surface area (Å²) in [6.45, 7) is 4.49. The Kier molecular flexibility index (Phi) is 6.81. The molecule has 9 nitrogen and oxygen atoms in total. The van der Waals surface area contributed by atoms with E-state index in [0.29, 0.717) is 24.3 Å². The Labute approximate surface area is 197 Å². The van der Waals surface area contributed by atoms with Crippen LogP contribution in [0.2, 0.25) is 0 Å². The molecular formula is C25H27N3O6. The van der Waals surface area contributed by atoms with Gasteiger partial charge in [-0.3, -0.25) is 19.7 Å². The van der Waals surface area contributed by atoms with Gasteiger partial charge in [-0.2, -0.15) is 0 Å². The van der Waals surface area contributed by atoms with Gasteiger partial charge in [0.05, 0.1) is 6.10 Å². The van der Waals surface area contributed by atoms with Gasteiger partial charge >= 0.3 is 6.09 Å². The summed E-state index contributed by atoms with van der Waals surface area (Å²) in [7, 11) is 0. The number of nitrogens with one attached hydrogen (secondary N) is 2. The van der Waals surface area contributed by atoms with E-state index in [1.54, 1.807) is 6.07 Å². The number of imide groups is 1. The van der Waals surface area contributed by atoms with Gasteiger partial charge in [-0.15, -0.1) is 0 Å². The van der Waals surface area contributed by atoms with Gasteiger partial charge < -0.3 is 19.7 Å². The lowest BCUT2D eigenvalue weighted by Gasteiger charge is -2.29. The van der Waals surface area contributed by atoms with Crippen molar-refractivity contribution in [1.82, 2.24) is 15.5 Å². The smallest absolute Gasteiger partial charge is 0.407 e. The van der Waals surface area contributed by atoms with Crippen LogP contribution >= 0.6 is 0 Å². The first kappa shape index (κ1) is 23.3. The normalized spacial score (nSPS) is 17.4. The van der Waals surface area contributed by atoms with E-state index < -0.39 is 18.0 Å². The minimum atomic E-state index is -0.654. The van der Waals surface area contributed by atoms with Crippen LogP contribution in [0.15, 0.2) is 42.5 Å². The predicted molar refractivity (Wildman–Crippen MR) is 122 cm³/mol. The van der Waals surface area contributed by atoms with E-state index in [9.17, 15) is 19.2 Å². The molecule has 1 atom stereocenters. The number of hydrogen-bond acceptors (Lipinski definition) is 6. The zero-order chi connectivity index (χ0) is 24.2. The van der Waals surface area contributed by atoms with Gasteiger partial charge in [-0.1, -0.05) is 24.3 Å². The minimum Gasteiger partial charge on any atom is -0.491 e. The van der Waals surface area contributed by atoms with E-state index in [1.165, 1.54) is 4.90 Å². The highest BCUT2D eigenvalue weighted by molar-refractivity contribution is 6.05. The topological polar surface area (TPSA) is 114 Å². The molecule has 0 radical (unpaired) electrons.